The second-order valence-corrected chi connectivity index (χ2v) is 4.27. The highest BCUT2D eigenvalue weighted by Gasteiger charge is 2.18. The third-order valence-electron chi connectivity index (χ3n) is 3.08. The summed E-state index contributed by atoms with van der Waals surface area (Å²) in [5, 5.41) is 9.55. The largest absolute Gasteiger partial charge is 0.389 e. The molecule has 1 unspecified atom stereocenters. The van der Waals surface area contributed by atoms with Gasteiger partial charge in [0.15, 0.2) is 0 Å². The minimum atomic E-state index is -0.393. The normalized spacial score (nSPS) is 17.6. The van der Waals surface area contributed by atoms with E-state index >= 15 is 0 Å². The van der Waals surface area contributed by atoms with Crippen molar-refractivity contribution in [1.82, 2.24) is 0 Å². The summed E-state index contributed by atoms with van der Waals surface area (Å²) in [4.78, 5) is 4.49. The molecule has 3 heteroatoms. The van der Waals surface area contributed by atoms with Crippen LogP contribution in [-0.2, 0) is 0 Å². The van der Waals surface area contributed by atoms with E-state index in [0.717, 1.165) is 18.7 Å². The third-order valence-corrected chi connectivity index (χ3v) is 3.08. The van der Waals surface area contributed by atoms with Gasteiger partial charge in [-0.15, -0.1) is 0 Å². The predicted octanol–water partition coefficient (Wildman–Crippen LogP) is 1.63. The molecular formula is C12H18N2O. The summed E-state index contributed by atoms with van der Waals surface area (Å²) >= 11 is 0. The molecule has 1 aliphatic rings. The fraction of sp³-hybridized carbons (Fsp3) is 0.500. The first-order valence-corrected chi connectivity index (χ1v) is 5.34. The highest BCUT2D eigenvalue weighted by atomic mass is 16.3. The van der Waals surface area contributed by atoms with Crippen molar-refractivity contribution in [2.24, 2.45) is 0 Å². The molecule has 1 aromatic carbocycles. The number of nitrogens with zero attached hydrogens (tertiary/aromatic N) is 2. The topological polar surface area (TPSA) is 26.7 Å². The molecule has 0 spiro atoms. The molecule has 2 rings (SSSR count). The Hall–Kier alpha value is -1.22. The van der Waals surface area contributed by atoms with Crippen molar-refractivity contribution in [3.8, 4) is 0 Å². The van der Waals surface area contributed by atoms with Crippen LogP contribution in [0.25, 0.3) is 0 Å². The molecule has 0 bridgehead atoms. The van der Waals surface area contributed by atoms with E-state index in [0.29, 0.717) is 0 Å². The second kappa shape index (κ2) is 3.74. The summed E-state index contributed by atoms with van der Waals surface area (Å²) in [6, 6.07) is 6.17. The summed E-state index contributed by atoms with van der Waals surface area (Å²) in [6.45, 7) is 3.89. The van der Waals surface area contributed by atoms with E-state index in [-0.39, 0.29) is 0 Å². The molecule has 0 radical (unpaired) electrons. The molecule has 15 heavy (non-hydrogen) atoms. The van der Waals surface area contributed by atoms with E-state index in [1.54, 1.807) is 6.92 Å². The van der Waals surface area contributed by atoms with Gasteiger partial charge in [-0.25, -0.2) is 0 Å². The Bertz CT molecular complexity index is 363. The zero-order valence-electron chi connectivity index (χ0n) is 9.57. The van der Waals surface area contributed by atoms with E-state index in [1.165, 1.54) is 11.4 Å². The lowest BCUT2D eigenvalue weighted by Gasteiger charge is -2.35. The molecule has 0 saturated carbocycles. The van der Waals surface area contributed by atoms with Gasteiger partial charge in [0, 0.05) is 27.2 Å². The molecule has 1 aromatic rings. The summed E-state index contributed by atoms with van der Waals surface area (Å²) in [7, 11) is 4.20. The van der Waals surface area contributed by atoms with Gasteiger partial charge in [-0.2, -0.15) is 0 Å². The maximum absolute atomic E-state index is 9.55. The van der Waals surface area contributed by atoms with Gasteiger partial charge in [0.2, 0.25) is 0 Å². The Morgan fingerprint density at radius 2 is 1.73 bits per heavy atom. The lowest BCUT2D eigenvalue weighted by molar-refractivity contribution is 0.199. The van der Waals surface area contributed by atoms with Crippen molar-refractivity contribution >= 4 is 11.4 Å². The van der Waals surface area contributed by atoms with Crippen LogP contribution in [0.2, 0.25) is 0 Å². The second-order valence-electron chi connectivity index (χ2n) is 4.27. The van der Waals surface area contributed by atoms with Crippen LogP contribution >= 0.6 is 0 Å². The maximum Gasteiger partial charge on any atom is 0.0762 e. The first kappa shape index (κ1) is 10.3. The summed E-state index contributed by atoms with van der Waals surface area (Å²) in [6.07, 6.45) is -0.393. The van der Waals surface area contributed by atoms with Crippen LogP contribution in [0.1, 0.15) is 18.6 Å². The Morgan fingerprint density at radius 3 is 2.33 bits per heavy atom. The number of rotatable bonds is 1. The molecular weight excluding hydrogens is 188 g/mol. The van der Waals surface area contributed by atoms with Crippen LogP contribution in [-0.4, -0.2) is 32.3 Å². The van der Waals surface area contributed by atoms with Gasteiger partial charge in [-0.3, -0.25) is 0 Å². The highest BCUT2D eigenvalue weighted by molar-refractivity contribution is 5.73. The van der Waals surface area contributed by atoms with E-state index in [1.807, 2.05) is 6.07 Å². The Morgan fingerprint density at radius 1 is 1.13 bits per heavy atom. The van der Waals surface area contributed by atoms with Crippen LogP contribution in [0.3, 0.4) is 0 Å². The molecule has 3 nitrogen and oxygen atoms in total. The lowest BCUT2D eigenvalue weighted by atomic mass is 10.1. The van der Waals surface area contributed by atoms with Crippen LogP contribution < -0.4 is 9.80 Å². The summed E-state index contributed by atoms with van der Waals surface area (Å²) in [5.41, 5.74) is 3.44. The fourth-order valence-corrected chi connectivity index (χ4v) is 1.97. The van der Waals surface area contributed by atoms with E-state index < -0.39 is 6.10 Å². The zero-order chi connectivity index (χ0) is 11.0. The molecule has 0 aromatic heterocycles. The monoisotopic (exact) mass is 206 g/mol. The first-order chi connectivity index (χ1) is 7.09. The molecule has 0 fully saturated rings. The van der Waals surface area contributed by atoms with Crippen molar-refractivity contribution in [1.29, 1.82) is 0 Å². The van der Waals surface area contributed by atoms with Gasteiger partial charge in [0.1, 0.15) is 0 Å². The standard InChI is InChI=1S/C12H18N2O/c1-9(15)10-4-5-11-12(8-10)14(3)7-6-13(11)2/h4-5,8-9,15H,6-7H2,1-3H3. The van der Waals surface area contributed by atoms with Gasteiger partial charge in [0.25, 0.3) is 0 Å². The lowest BCUT2D eigenvalue weighted by Crippen LogP contribution is -2.36. The third kappa shape index (κ3) is 1.79. The van der Waals surface area contributed by atoms with Crippen molar-refractivity contribution < 1.29 is 5.11 Å². The Balaban J connectivity index is 2.45. The van der Waals surface area contributed by atoms with Crippen LogP contribution in [0.5, 0.6) is 0 Å². The minimum absolute atomic E-state index is 0.393. The number of benzene rings is 1. The number of likely N-dealkylation sites (N-methyl/N-ethyl adjacent to an activating group) is 2. The average molecular weight is 206 g/mol. The molecule has 1 heterocycles. The smallest absolute Gasteiger partial charge is 0.0762 e. The van der Waals surface area contributed by atoms with Crippen LogP contribution in [0.4, 0.5) is 11.4 Å². The number of hydrogen-bond donors (Lipinski definition) is 1. The molecule has 0 aliphatic carbocycles. The predicted molar refractivity (Wildman–Crippen MR) is 63.6 cm³/mol. The van der Waals surface area contributed by atoms with Gasteiger partial charge in [0.05, 0.1) is 17.5 Å². The van der Waals surface area contributed by atoms with E-state index in [4.69, 9.17) is 0 Å². The molecule has 1 aliphatic heterocycles. The van der Waals surface area contributed by atoms with Crippen molar-refractivity contribution in [2.75, 3.05) is 37.0 Å². The first-order valence-electron chi connectivity index (χ1n) is 5.34. The number of anilines is 2. The molecule has 82 valence electrons. The van der Waals surface area contributed by atoms with E-state index in [9.17, 15) is 5.11 Å². The fourth-order valence-electron chi connectivity index (χ4n) is 1.97. The highest BCUT2D eigenvalue weighted by Crippen LogP contribution is 2.33. The van der Waals surface area contributed by atoms with Crippen LogP contribution in [0.15, 0.2) is 18.2 Å². The van der Waals surface area contributed by atoms with Crippen molar-refractivity contribution in [3.05, 3.63) is 23.8 Å². The average Bonchev–Trinajstić information content (AvgIpc) is 2.23. The molecule has 1 N–H and O–H groups in total. The van der Waals surface area contributed by atoms with Crippen molar-refractivity contribution in [3.63, 3.8) is 0 Å². The molecule has 0 saturated heterocycles. The SMILES string of the molecule is CC(O)c1ccc2c(c1)N(C)CCN2C. The van der Waals surface area contributed by atoms with Gasteiger partial charge >= 0.3 is 0 Å². The Labute approximate surface area is 90.9 Å². The number of fused-ring (bicyclic) bond motifs is 1. The Kier molecular flexibility index (Phi) is 2.57. The minimum Gasteiger partial charge on any atom is -0.389 e. The summed E-state index contributed by atoms with van der Waals surface area (Å²) in [5.74, 6) is 0. The number of aliphatic hydroxyl groups excluding tert-OH is 1. The van der Waals surface area contributed by atoms with Crippen molar-refractivity contribution in [2.45, 2.75) is 13.0 Å². The maximum atomic E-state index is 9.55. The van der Waals surface area contributed by atoms with Gasteiger partial charge in [-0.1, -0.05) is 6.07 Å². The number of aliphatic hydroxyl groups is 1. The number of hydrogen-bond acceptors (Lipinski definition) is 3. The van der Waals surface area contributed by atoms with E-state index in [2.05, 4.69) is 36.0 Å². The van der Waals surface area contributed by atoms with Crippen LogP contribution in [0, 0.1) is 0 Å². The molecule has 1 atom stereocenters. The zero-order valence-corrected chi connectivity index (χ0v) is 9.57. The summed E-state index contributed by atoms with van der Waals surface area (Å²) < 4.78 is 0. The quantitative estimate of drug-likeness (QED) is 0.756. The van der Waals surface area contributed by atoms with Gasteiger partial charge < -0.3 is 14.9 Å². The molecule has 0 amide bonds. The van der Waals surface area contributed by atoms with Gasteiger partial charge in [-0.05, 0) is 24.6 Å².